The summed E-state index contributed by atoms with van der Waals surface area (Å²) < 4.78 is 4.98. The molecule has 1 aromatic rings. The van der Waals surface area contributed by atoms with Gasteiger partial charge in [-0.1, -0.05) is 13.8 Å². The van der Waals surface area contributed by atoms with Gasteiger partial charge in [-0.3, -0.25) is 4.98 Å². The van der Waals surface area contributed by atoms with Crippen molar-refractivity contribution in [2.24, 2.45) is 5.92 Å². The topological polar surface area (TPSA) is 99.9 Å². The molecule has 0 saturated carbocycles. The third-order valence-electron chi connectivity index (χ3n) is 2.92. The number of aliphatic hydroxyl groups is 2. The molecular weight excluding hydrogens is 262 g/mol. The van der Waals surface area contributed by atoms with E-state index in [1.54, 1.807) is 6.92 Å². The Labute approximate surface area is 118 Å². The van der Waals surface area contributed by atoms with E-state index in [4.69, 9.17) is 4.74 Å². The summed E-state index contributed by atoms with van der Waals surface area (Å²) in [6, 6.07) is 0. The van der Waals surface area contributed by atoms with E-state index in [1.165, 1.54) is 6.20 Å². The van der Waals surface area contributed by atoms with Crippen molar-refractivity contribution in [1.82, 2.24) is 4.98 Å². The van der Waals surface area contributed by atoms with Gasteiger partial charge in [0.25, 0.3) is 0 Å². The van der Waals surface area contributed by atoms with Gasteiger partial charge in [0.1, 0.15) is 12.4 Å². The van der Waals surface area contributed by atoms with E-state index in [9.17, 15) is 20.1 Å². The number of aromatic hydroxyl groups is 1. The number of ether oxygens (including phenoxy) is 1. The summed E-state index contributed by atoms with van der Waals surface area (Å²) in [5.74, 6) is -0.651. The molecule has 20 heavy (non-hydrogen) atoms. The first-order valence-corrected chi connectivity index (χ1v) is 6.48. The summed E-state index contributed by atoms with van der Waals surface area (Å²) in [7, 11) is 0. The largest absolute Gasteiger partial charge is 0.506 e. The van der Waals surface area contributed by atoms with Gasteiger partial charge in [-0.15, -0.1) is 0 Å². The summed E-state index contributed by atoms with van der Waals surface area (Å²) in [4.78, 5) is 15.5. The molecule has 112 valence electrons. The first-order valence-electron chi connectivity index (χ1n) is 6.48. The highest BCUT2D eigenvalue weighted by atomic mass is 16.5. The van der Waals surface area contributed by atoms with Crippen LogP contribution in [0.25, 0.3) is 0 Å². The average Bonchev–Trinajstić information content (AvgIpc) is 2.38. The molecule has 1 atom stereocenters. The highest BCUT2D eigenvalue weighted by molar-refractivity contribution is 5.74. The van der Waals surface area contributed by atoms with Crippen LogP contribution in [0.1, 0.15) is 37.1 Å². The monoisotopic (exact) mass is 283 g/mol. The maximum absolute atomic E-state index is 11.6. The minimum absolute atomic E-state index is 0.108. The van der Waals surface area contributed by atoms with Crippen molar-refractivity contribution in [3.63, 3.8) is 0 Å². The summed E-state index contributed by atoms with van der Waals surface area (Å²) in [6.07, 6.45) is 0.589. The van der Waals surface area contributed by atoms with Gasteiger partial charge in [0, 0.05) is 17.3 Å². The van der Waals surface area contributed by atoms with Crippen LogP contribution in [0, 0.1) is 12.8 Å². The third kappa shape index (κ3) is 4.18. The lowest BCUT2D eigenvalue weighted by Crippen LogP contribution is -2.24. The van der Waals surface area contributed by atoms with Crippen molar-refractivity contribution in [3.05, 3.63) is 23.0 Å². The Morgan fingerprint density at radius 1 is 1.45 bits per heavy atom. The van der Waals surface area contributed by atoms with E-state index in [2.05, 4.69) is 4.98 Å². The Bertz CT molecular complexity index is 473. The predicted octanol–water partition coefficient (Wildman–Crippen LogP) is 1.04. The van der Waals surface area contributed by atoms with E-state index in [0.717, 1.165) is 0 Å². The Kier molecular flexibility index (Phi) is 5.91. The first-order chi connectivity index (χ1) is 9.36. The maximum Gasteiger partial charge on any atom is 0.335 e. The van der Waals surface area contributed by atoms with Gasteiger partial charge < -0.3 is 20.1 Å². The molecule has 0 radical (unpaired) electrons. The predicted molar refractivity (Wildman–Crippen MR) is 71.8 cm³/mol. The molecule has 0 aromatic carbocycles. The lowest BCUT2D eigenvalue weighted by Gasteiger charge is -2.14. The highest BCUT2D eigenvalue weighted by Crippen LogP contribution is 2.24. The standard InChI is InChI=1S/C14H21NO5/c1-8(2)4-12(17)14(19)20-7-10-5-15-9(3)13(18)11(10)6-16/h5,8,12,16-18H,4,6-7H2,1-3H3. The van der Waals surface area contributed by atoms with Crippen molar-refractivity contribution in [1.29, 1.82) is 0 Å². The van der Waals surface area contributed by atoms with Gasteiger partial charge in [0.2, 0.25) is 0 Å². The molecule has 6 heteroatoms. The Balaban J connectivity index is 2.71. The van der Waals surface area contributed by atoms with Crippen LogP contribution in [0.3, 0.4) is 0 Å². The van der Waals surface area contributed by atoms with E-state index in [1.807, 2.05) is 13.8 Å². The van der Waals surface area contributed by atoms with Crippen LogP contribution in [0.2, 0.25) is 0 Å². The lowest BCUT2D eigenvalue weighted by atomic mass is 10.1. The van der Waals surface area contributed by atoms with Gasteiger partial charge >= 0.3 is 5.97 Å². The molecule has 0 fully saturated rings. The molecular formula is C14H21NO5. The van der Waals surface area contributed by atoms with Crippen LogP contribution in [0.5, 0.6) is 5.75 Å². The number of carbonyl (C=O) groups excluding carboxylic acids is 1. The molecule has 0 aliphatic heterocycles. The molecule has 0 aliphatic carbocycles. The first kappa shape index (κ1) is 16.4. The molecule has 0 aliphatic rings. The fourth-order valence-electron chi connectivity index (χ4n) is 1.77. The highest BCUT2D eigenvalue weighted by Gasteiger charge is 2.19. The van der Waals surface area contributed by atoms with Gasteiger partial charge in [-0.2, -0.15) is 0 Å². The van der Waals surface area contributed by atoms with Crippen molar-refractivity contribution < 1.29 is 24.9 Å². The minimum Gasteiger partial charge on any atom is -0.506 e. The second-order valence-electron chi connectivity index (χ2n) is 5.11. The molecule has 1 rings (SSSR count). The summed E-state index contributed by atoms with van der Waals surface area (Å²) >= 11 is 0. The number of esters is 1. The summed E-state index contributed by atoms with van der Waals surface area (Å²) in [6.45, 7) is 4.86. The second kappa shape index (κ2) is 7.21. The van der Waals surface area contributed by atoms with Crippen LogP contribution >= 0.6 is 0 Å². The minimum atomic E-state index is -1.17. The third-order valence-corrected chi connectivity index (χ3v) is 2.92. The maximum atomic E-state index is 11.6. The van der Waals surface area contributed by atoms with Crippen LogP contribution in [0.15, 0.2) is 6.20 Å². The van der Waals surface area contributed by atoms with Crippen LogP contribution in [-0.4, -0.2) is 32.4 Å². The zero-order chi connectivity index (χ0) is 15.3. The van der Waals surface area contributed by atoms with Crippen molar-refractivity contribution in [2.75, 3.05) is 0 Å². The normalized spacial score (nSPS) is 12.5. The van der Waals surface area contributed by atoms with E-state index in [-0.39, 0.29) is 30.4 Å². The average molecular weight is 283 g/mol. The summed E-state index contributed by atoms with van der Waals surface area (Å²) in [5.41, 5.74) is 1.09. The van der Waals surface area contributed by atoms with Gasteiger partial charge in [-0.25, -0.2) is 4.79 Å². The molecule has 0 saturated heterocycles. The zero-order valence-corrected chi connectivity index (χ0v) is 12.0. The van der Waals surface area contributed by atoms with E-state index in [0.29, 0.717) is 17.7 Å². The molecule has 6 nitrogen and oxygen atoms in total. The number of hydrogen-bond acceptors (Lipinski definition) is 6. The Hall–Kier alpha value is -1.66. The molecule has 3 N–H and O–H groups in total. The molecule has 0 bridgehead atoms. The number of carbonyl (C=O) groups is 1. The molecule has 1 heterocycles. The molecule has 1 unspecified atom stereocenters. The number of nitrogens with zero attached hydrogens (tertiary/aromatic N) is 1. The van der Waals surface area contributed by atoms with Crippen LogP contribution in [0.4, 0.5) is 0 Å². The zero-order valence-electron chi connectivity index (χ0n) is 12.0. The number of aryl methyl sites for hydroxylation is 1. The molecule has 0 amide bonds. The van der Waals surface area contributed by atoms with Crippen molar-refractivity contribution in [3.8, 4) is 5.75 Å². The fraction of sp³-hybridized carbons (Fsp3) is 0.571. The van der Waals surface area contributed by atoms with Crippen molar-refractivity contribution >= 4 is 5.97 Å². The summed E-state index contributed by atoms with van der Waals surface area (Å²) in [5, 5.41) is 28.6. The second-order valence-corrected chi connectivity index (χ2v) is 5.11. The fourth-order valence-corrected chi connectivity index (χ4v) is 1.77. The SMILES string of the molecule is Cc1ncc(COC(=O)C(O)CC(C)C)c(CO)c1O. The number of hydrogen-bond donors (Lipinski definition) is 3. The van der Waals surface area contributed by atoms with Crippen LogP contribution in [-0.2, 0) is 22.7 Å². The van der Waals surface area contributed by atoms with Crippen molar-refractivity contribution in [2.45, 2.75) is 46.5 Å². The Morgan fingerprint density at radius 2 is 2.10 bits per heavy atom. The number of rotatable bonds is 6. The number of aliphatic hydroxyl groups excluding tert-OH is 2. The Morgan fingerprint density at radius 3 is 2.65 bits per heavy atom. The van der Waals surface area contributed by atoms with E-state index >= 15 is 0 Å². The van der Waals surface area contributed by atoms with E-state index < -0.39 is 12.1 Å². The molecule has 0 spiro atoms. The molecule has 1 aromatic heterocycles. The smallest absolute Gasteiger partial charge is 0.335 e. The van der Waals surface area contributed by atoms with Gasteiger partial charge in [0.05, 0.1) is 12.3 Å². The number of aromatic nitrogens is 1. The van der Waals surface area contributed by atoms with Crippen LogP contribution < -0.4 is 0 Å². The van der Waals surface area contributed by atoms with Gasteiger partial charge in [0.15, 0.2) is 6.10 Å². The lowest BCUT2D eigenvalue weighted by molar-refractivity contribution is -0.155. The number of pyridine rings is 1. The van der Waals surface area contributed by atoms with Gasteiger partial charge in [-0.05, 0) is 19.3 Å². The quantitative estimate of drug-likeness (QED) is 0.674.